The van der Waals surface area contributed by atoms with E-state index in [9.17, 15) is 19.8 Å². The van der Waals surface area contributed by atoms with Crippen LogP contribution in [0.15, 0.2) is 24.3 Å². The van der Waals surface area contributed by atoms with E-state index < -0.39 is 11.2 Å². The molecular formula is C44H70O6. The fourth-order valence-corrected chi connectivity index (χ4v) is 6.24. The summed E-state index contributed by atoms with van der Waals surface area (Å²) in [6.07, 6.45) is 3.97. The first kappa shape index (κ1) is 43.3. The first-order valence-electron chi connectivity index (χ1n) is 18.6. The van der Waals surface area contributed by atoms with Crippen molar-refractivity contribution in [1.82, 2.24) is 0 Å². The summed E-state index contributed by atoms with van der Waals surface area (Å²) in [4.78, 5) is 26.2. The monoisotopic (exact) mass is 695 g/mol. The van der Waals surface area contributed by atoms with E-state index in [1.54, 1.807) is 0 Å². The second kappa shape index (κ2) is 15.8. The Bertz CT molecular complexity index is 1410. The first-order valence-corrected chi connectivity index (χ1v) is 18.6. The van der Waals surface area contributed by atoms with Crippen LogP contribution in [0.25, 0.3) is 0 Å². The highest BCUT2D eigenvalue weighted by Crippen LogP contribution is 2.41. The van der Waals surface area contributed by atoms with Crippen LogP contribution in [0.2, 0.25) is 0 Å². The Morgan fingerprint density at radius 1 is 0.560 bits per heavy atom. The molecule has 0 aliphatic rings. The zero-order valence-electron chi connectivity index (χ0n) is 34.5. The molecule has 0 unspecified atom stereocenters. The molecule has 0 spiro atoms. The molecule has 0 amide bonds. The van der Waals surface area contributed by atoms with Gasteiger partial charge in [-0.05, 0) is 115 Å². The number of Topliss-reactive ketones (excluding diaryl/α,β-unsaturated/α-hetero) is 1. The summed E-state index contributed by atoms with van der Waals surface area (Å²) in [7, 11) is 0. The van der Waals surface area contributed by atoms with E-state index in [4.69, 9.17) is 9.47 Å². The molecule has 6 heteroatoms. The van der Waals surface area contributed by atoms with E-state index in [-0.39, 0.29) is 39.8 Å². The van der Waals surface area contributed by atoms with Gasteiger partial charge in [-0.15, -0.1) is 0 Å². The average molecular weight is 695 g/mol. The number of esters is 1. The van der Waals surface area contributed by atoms with E-state index in [0.717, 1.165) is 46.2 Å². The highest BCUT2D eigenvalue weighted by molar-refractivity contribution is 5.86. The van der Waals surface area contributed by atoms with Crippen molar-refractivity contribution in [2.45, 2.75) is 189 Å². The van der Waals surface area contributed by atoms with Gasteiger partial charge in [-0.1, -0.05) is 107 Å². The second-order valence-electron chi connectivity index (χ2n) is 19.6. The number of hydrogen-bond acceptors (Lipinski definition) is 6. The van der Waals surface area contributed by atoms with Gasteiger partial charge in [-0.25, -0.2) is 0 Å². The van der Waals surface area contributed by atoms with Gasteiger partial charge in [0.15, 0.2) is 5.78 Å². The number of carbonyl (C=O) groups excluding carboxylic acids is 2. The third-order valence-corrected chi connectivity index (χ3v) is 9.53. The first-order chi connectivity index (χ1) is 22.5. The van der Waals surface area contributed by atoms with Crippen LogP contribution in [0.1, 0.15) is 176 Å². The van der Waals surface area contributed by atoms with E-state index >= 15 is 0 Å². The van der Waals surface area contributed by atoms with Crippen LogP contribution in [0.4, 0.5) is 0 Å². The van der Waals surface area contributed by atoms with Gasteiger partial charge in [0.2, 0.25) is 0 Å². The molecule has 0 aliphatic heterocycles. The molecule has 0 heterocycles. The Morgan fingerprint density at radius 3 is 1.28 bits per heavy atom. The van der Waals surface area contributed by atoms with Gasteiger partial charge in [0.05, 0.1) is 0 Å². The molecule has 2 aromatic carbocycles. The zero-order chi connectivity index (χ0) is 38.7. The largest absolute Gasteiger partial charge is 0.507 e. The molecule has 0 fully saturated rings. The Hall–Kier alpha value is -2.86. The highest BCUT2D eigenvalue weighted by atomic mass is 16.6. The number of benzene rings is 2. The molecule has 0 bridgehead atoms. The fourth-order valence-electron chi connectivity index (χ4n) is 6.24. The molecule has 2 aromatic rings. The number of hydrogen-bond donors (Lipinski definition) is 2. The molecule has 0 saturated heterocycles. The zero-order valence-corrected chi connectivity index (χ0v) is 34.5. The molecule has 0 aliphatic carbocycles. The molecular weight excluding hydrogens is 624 g/mol. The van der Waals surface area contributed by atoms with Gasteiger partial charge in [0.25, 0.3) is 0 Å². The summed E-state index contributed by atoms with van der Waals surface area (Å²) in [5.74, 6) is 0.499. The maximum Gasteiger partial charge on any atom is 0.306 e. The van der Waals surface area contributed by atoms with Crippen LogP contribution >= 0.6 is 0 Å². The molecule has 2 rings (SSSR count). The fraction of sp³-hybridized carbons (Fsp3) is 0.682. The second-order valence-corrected chi connectivity index (χ2v) is 19.6. The molecule has 2 N–H and O–H groups in total. The standard InChI is InChI=1S/C44H70O6/c1-39(2,3)31-25-29(26-32(37(31)47)40(4,5)6)19-21-35(45)44(15,16)49-24-18-17-23-43(13,14)50-36(46)22-20-30-27-33(41(7,8)9)38(48)34(28-30)42(10,11)12/h25-28,47-48H,17-24H2,1-16H3. The average Bonchev–Trinajstić information content (AvgIpc) is 2.92. The van der Waals surface area contributed by atoms with Gasteiger partial charge in [0.1, 0.15) is 22.7 Å². The number of phenolic OH excluding ortho intramolecular Hbond substituents is 2. The van der Waals surface area contributed by atoms with E-state index in [1.165, 1.54) is 0 Å². The van der Waals surface area contributed by atoms with Gasteiger partial charge < -0.3 is 19.7 Å². The van der Waals surface area contributed by atoms with Crippen molar-refractivity contribution in [3.8, 4) is 11.5 Å². The Kier molecular flexibility index (Phi) is 13.7. The smallest absolute Gasteiger partial charge is 0.306 e. The number of rotatable bonds is 14. The van der Waals surface area contributed by atoms with Crippen LogP contribution in [0.5, 0.6) is 11.5 Å². The molecule has 0 aromatic heterocycles. The Labute approximate surface area is 304 Å². The topological polar surface area (TPSA) is 93.1 Å². The van der Waals surface area contributed by atoms with Crippen LogP contribution in [0, 0.1) is 0 Å². The van der Waals surface area contributed by atoms with Gasteiger partial charge in [-0.2, -0.15) is 0 Å². The van der Waals surface area contributed by atoms with Crippen LogP contribution in [-0.2, 0) is 53.6 Å². The Morgan fingerprint density at radius 2 is 0.920 bits per heavy atom. The number of aryl methyl sites for hydroxylation is 2. The van der Waals surface area contributed by atoms with Crippen LogP contribution in [-0.4, -0.2) is 39.8 Å². The van der Waals surface area contributed by atoms with Crippen molar-refractivity contribution in [2.75, 3.05) is 6.61 Å². The minimum Gasteiger partial charge on any atom is -0.507 e. The lowest BCUT2D eigenvalue weighted by molar-refractivity contribution is -0.157. The maximum absolute atomic E-state index is 13.3. The van der Waals surface area contributed by atoms with Crippen LogP contribution in [0.3, 0.4) is 0 Å². The van der Waals surface area contributed by atoms with Gasteiger partial charge in [-0.3, -0.25) is 9.59 Å². The van der Waals surface area contributed by atoms with Crippen molar-refractivity contribution in [3.63, 3.8) is 0 Å². The minimum atomic E-state index is -0.910. The molecule has 6 nitrogen and oxygen atoms in total. The third-order valence-electron chi connectivity index (χ3n) is 9.53. The summed E-state index contributed by atoms with van der Waals surface area (Å²) in [6, 6.07) is 8.13. The maximum atomic E-state index is 13.3. The lowest BCUT2D eigenvalue weighted by Crippen LogP contribution is -2.35. The van der Waals surface area contributed by atoms with Crippen molar-refractivity contribution >= 4 is 11.8 Å². The van der Waals surface area contributed by atoms with Crippen molar-refractivity contribution < 1.29 is 29.3 Å². The van der Waals surface area contributed by atoms with Gasteiger partial charge >= 0.3 is 5.97 Å². The number of carbonyl (C=O) groups is 2. The number of unbranched alkanes of at least 4 members (excludes halogenated alkanes) is 1. The lowest BCUT2D eigenvalue weighted by Gasteiger charge is -2.29. The molecule has 0 radical (unpaired) electrons. The molecule has 282 valence electrons. The molecule has 0 saturated carbocycles. The lowest BCUT2D eigenvalue weighted by atomic mass is 9.78. The predicted octanol–water partition coefficient (Wildman–Crippen LogP) is 10.7. The van der Waals surface area contributed by atoms with Crippen molar-refractivity contribution in [1.29, 1.82) is 0 Å². The summed E-state index contributed by atoms with van der Waals surface area (Å²) >= 11 is 0. The summed E-state index contributed by atoms with van der Waals surface area (Å²) in [6.45, 7) is 33.1. The van der Waals surface area contributed by atoms with E-state index in [0.29, 0.717) is 43.8 Å². The normalized spacial score (nSPS) is 13.4. The van der Waals surface area contributed by atoms with Gasteiger partial charge in [0, 0.05) is 19.4 Å². The third kappa shape index (κ3) is 12.4. The minimum absolute atomic E-state index is 0.0484. The number of ketones is 1. The van der Waals surface area contributed by atoms with Crippen LogP contribution < -0.4 is 0 Å². The predicted molar refractivity (Wildman–Crippen MR) is 207 cm³/mol. The molecule has 0 atom stereocenters. The van der Waals surface area contributed by atoms with E-state index in [1.807, 2.05) is 52.0 Å². The summed E-state index contributed by atoms with van der Waals surface area (Å²) in [5, 5.41) is 22.1. The SMILES string of the molecule is CC(C)(CCCCOC(C)(C)C(=O)CCc1cc(C(C)(C)C)c(O)c(C(C)(C)C)c1)OC(=O)CCc1cc(C(C)(C)C)c(O)c(C(C)(C)C)c1. The van der Waals surface area contributed by atoms with E-state index in [2.05, 4.69) is 83.1 Å². The quantitative estimate of drug-likeness (QED) is 0.151. The summed E-state index contributed by atoms with van der Waals surface area (Å²) < 4.78 is 12.0. The Balaban J connectivity index is 1.90. The number of aromatic hydroxyl groups is 2. The number of phenols is 2. The summed E-state index contributed by atoms with van der Waals surface area (Å²) in [5.41, 5.74) is 3.23. The van der Waals surface area contributed by atoms with Crippen molar-refractivity contribution in [3.05, 3.63) is 57.6 Å². The van der Waals surface area contributed by atoms with Crippen molar-refractivity contribution in [2.24, 2.45) is 0 Å². The molecule has 50 heavy (non-hydrogen) atoms. The number of ether oxygens (including phenoxy) is 2. The highest BCUT2D eigenvalue weighted by Gasteiger charge is 2.31.